The van der Waals surface area contributed by atoms with Gasteiger partial charge in [0.1, 0.15) is 6.61 Å². The van der Waals surface area contributed by atoms with Gasteiger partial charge in [0, 0.05) is 11.6 Å². The summed E-state index contributed by atoms with van der Waals surface area (Å²) in [6.07, 6.45) is 2.03. The lowest BCUT2D eigenvalue weighted by Crippen LogP contribution is -1.90. The molecule has 0 aliphatic heterocycles. The van der Waals surface area contributed by atoms with Crippen molar-refractivity contribution in [2.24, 2.45) is 0 Å². The van der Waals surface area contributed by atoms with E-state index in [1.807, 2.05) is 23.7 Å². The van der Waals surface area contributed by atoms with Crippen LogP contribution in [0, 0.1) is 0 Å². The van der Waals surface area contributed by atoms with Crippen LogP contribution >= 0.6 is 11.3 Å². The van der Waals surface area contributed by atoms with Gasteiger partial charge in [0.25, 0.3) is 0 Å². The van der Waals surface area contributed by atoms with Crippen LogP contribution in [-0.4, -0.2) is 16.5 Å². The van der Waals surface area contributed by atoms with Gasteiger partial charge < -0.3 is 0 Å². The first kappa shape index (κ1) is 9.77. The van der Waals surface area contributed by atoms with Crippen molar-refractivity contribution < 1.29 is 9.78 Å². The van der Waals surface area contributed by atoms with Crippen molar-refractivity contribution in [3.8, 4) is 0 Å². The molecule has 16 heavy (non-hydrogen) atoms. The predicted molar refractivity (Wildman–Crippen MR) is 62.4 cm³/mol. The first-order valence-corrected chi connectivity index (χ1v) is 5.76. The summed E-state index contributed by atoms with van der Waals surface area (Å²) in [5.74, 6) is 0. The maximum absolute atomic E-state index is 4.89. The number of rotatable bonds is 3. The molecular formula is C11H10N2O2S. The highest BCUT2D eigenvalue weighted by molar-refractivity contribution is 7.15. The van der Waals surface area contributed by atoms with Crippen LogP contribution in [-0.2, 0) is 16.4 Å². The van der Waals surface area contributed by atoms with Gasteiger partial charge in [0.05, 0.1) is 18.1 Å². The number of fused-ring (bicyclic) bond motifs is 3. The second kappa shape index (κ2) is 3.86. The van der Waals surface area contributed by atoms with Crippen LogP contribution in [0.4, 0.5) is 0 Å². The largest absolute Gasteiger partial charge is 0.290 e. The van der Waals surface area contributed by atoms with Gasteiger partial charge in [-0.05, 0) is 17.7 Å². The van der Waals surface area contributed by atoms with Gasteiger partial charge in [0.15, 0.2) is 4.96 Å². The number of benzene rings is 1. The van der Waals surface area contributed by atoms with E-state index in [9.17, 15) is 0 Å². The molecule has 0 bridgehead atoms. The summed E-state index contributed by atoms with van der Waals surface area (Å²) in [5, 5.41) is 2.03. The van der Waals surface area contributed by atoms with Crippen molar-refractivity contribution in [2.45, 2.75) is 6.61 Å². The van der Waals surface area contributed by atoms with Crippen molar-refractivity contribution in [3.63, 3.8) is 0 Å². The van der Waals surface area contributed by atoms with E-state index < -0.39 is 0 Å². The Morgan fingerprint density at radius 2 is 2.38 bits per heavy atom. The van der Waals surface area contributed by atoms with Crippen LogP contribution in [0.3, 0.4) is 0 Å². The third-order valence-electron chi connectivity index (χ3n) is 2.45. The fraction of sp³-hybridized carbons (Fsp3) is 0.182. The Bertz CT molecular complexity index is 629. The van der Waals surface area contributed by atoms with Crippen LogP contribution in [0.5, 0.6) is 0 Å². The second-order valence-electron chi connectivity index (χ2n) is 3.42. The summed E-state index contributed by atoms with van der Waals surface area (Å²) in [4.78, 5) is 15.0. The summed E-state index contributed by atoms with van der Waals surface area (Å²) in [6, 6.07) is 6.09. The van der Waals surface area contributed by atoms with Crippen LogP contribution in [0.15, 0.2) is 29.8 Å². The lowest BCUT2D eigenvalue weighted by Gasteiger charge is -2.00. The third-order valence-corrected chi connectivity index (χ3v) is 3.20. The van der Waals surface area contributed by atoms with Crippen molar-refractivity contribution in [1.29, 1.82) is 0 Å². The Morgan fingerprint density at radius 3 is 3.25 bits per heavy atom. The van der Waals surface area contributed by atoms with Gasteiger partial charge in [-0.25, -0.2) is 14.8 Å². The minimum Gasteiger partial charge on any atom is -0.290 e. The van der Waals surface area contributed by atoms with Crippen LogP contribution in [0.2, 0.25) is 0 Å². The van der Waals surface area contributed by atoms with Crippen molar-refractivity contribution in [2.75, 3.05) is 7.11 Å². The highest BCUT2D eigenvalue weighted by Crippen LogP contribution is 2.21. The number of hydrogen-bond donors (Lipinski definition) is 0. The number of thiazole rings is 1. The SMILES string of the molecule is COOCc1ccc2c(c1)nc1sccn12. The molecule has 0 fully saturated rings. The van der Waals surface area contributed by atoms with E-state index in [0.717, 1.165) is 21.6 Å². The van der Waals surface area contributed by atoms with Gasteiger partial charge in [0.2, 0.25) is 0 Å². The van der Waals surface area contributed by atoms with E-state index in [-0.39, 0.29) is 0 Å². The molecular weight excluding hydrogens is 224 g/mol. The summed E-state index contributed by atoms with van der Waals surface area (Å²) < 4.78 is 2.08. The van der Waals surface area contributed by atoms with Crippen LogP contribution in [0.1, 0.15) is 5.56 Å². The monoisotopic (exact) mass is 234 g/mol. The molecule has 0 saturated carbocycles. The highest BCUT2D eigenvalue weighted by Gasteiger charge is 2.05. The zero-order chi connectivity index (χ0) is 11.0. The minimum atomic E-state index is 0.442. The first-order valence-electron chi connectivity index (χ1n) is 4.88. The van der Waals surface area contributed by atoms with E-state index in [1.165, 1.54) is 7.11 Å². The summed E-state index contributed by atoms with van der Waals surface area (Å²) in [5.41, 5.74) is 3.17. The summed E-state index contributed by atoms with van der Waals surface area (Å²) in [6.45, 7) is 0.442. The number of imidazole rings is 1. The minimum absolute atomic E-state index is 0.442. The van der Waals surface area contributed by atoms with E-state index in [1.54, 1.807) is 11.3 Å². The average Bonchev–Trinajstić information content (AvgIpc) is 2.85. The molecule has 0 unspecified atom stereocenters. The molecule has 0 amide bonds. The molecule has 0 radical (unpaired) electrons. The maximum atomic E-state index is 4.89. The lowest BCUT2D eigenvalue weighted by molar-refractivity contribution is -0.282. The van der Waals surface area contributed by atoms with Crippen LogP contribution < -0.4 is 0 Å². The van der Waals surface area contributed by atoms with Gasteiger partial charge >= 0.3 is 0 Å². The molecule has 2 aromatic heterocycles. The molecule has 3 rings (SSSR count). The molecule has 5 heteroatoms. The third kappa shape index (κ3) is 1.49. The second-order valence-corrected chi connectivity index (χ2v) is 4.29. The molecule has 2 heterocycles. The molecule has 0 aliphatic carbocycles. The van der Waals surface area contributed by atoms with Crippen LogP contribution in [0.25, 0.3) is 16.0 Å². The van der Waals surface area contributed by atoms with E-state index in [0.29, 0.717) is 6.61 Å². The number of nitrogens with zero attached hydrogens (tertiary/aromatic N) is 2. The smallest absolute Gasteiger partial charge is 0.194 e. The van der Waals surface area contributed by atoms with E-state index in [2.05, 4.69) is 20.3 Å². The number of hydrogen-bond acceptors (Lipinski definition) is 4. The Labute approximate surface area is 96.0 Å². The molecule has 0 spiro atoms. The van der Waals surface area contributed by atoms with Crippen molar-refractivity contribution in [1.82, 2.24) is 9.38 Å². The highest BCUT2D eigenvalue weighted by atomic mass is 32.1. The van der Waals surface area contributed by atoms with Gasteiger partial charge in [-0.1, -0.05) is 6.07 Å². The first-order chi connectivity index (χ1) is 7.88. The lowest BCUT2D eigenvalue weighted by atomic mass is 10.2. The standard InChI is InChI=1S/C11H10N2O2S/c1-14-15-7-8-2-3-10-9(6-8)12-11-13(10)4-5-16-11/h2-6H,7H2,1H3. The number of aromatic nitrogens is 2. The molecule has 3 aromatic rings. The maximum Gasteiger partial charge on any atom is 0.194 e. The molecule has 82 valence electrons. The fourth-order valence-corrected chi connectivity index (χ4v) is 2.45. The Kier molecular flexibility index (Phi) is 2.36. The Balaban J connectivity index is 2.10. The zero-order valence-corrected chi connectivity index (χ0v) is 9.53. The van der Waals surface area contributed by atoms with Gasteiger partial charge in [-0.15, -0.1) is 11.3 Å². The summed E-state index contributed by atoms with van der Waals surface area (Å²) in [7, 11) is 1.51. The van der Waals surface area contributed by atoms with Gasteiger partial charge in [-0.3, -0.25) is 4.40 Å². The quantitative estimate of drug-likeness (QED) is 0.516. The van der Waals surface area contributed by atoms with E-state index >= 15 is 0 Å². The molecule has 0 atom stereocenters. The zero-order valence-electron chi connectivity index (χ0n) is 8.71. The van der Waals surface area contributed by atoms with Crippen molar-refractivity contribution >= 4 is 27.3 Å². The molecule has 0 saturated heterocycles. The van der Waals surface area contributed by atoms with Crippen molar-refractivity contribution in [3.05, 3.63) is 35.3 Å². The molecule has 4 nitrogen and oxygen atoms in total. The average molecular weight is 234 g/mol. The summed E-state index contributed by atoms with van der Waals surface area (Å²) >= 11 is 1.63. The fourth-order valence-electron chi connectivity index (χ4n) is 1.72. The Hall–Kier alpha value is -1.43. The predicted octanol–water partition coefficient (Wildman–Crippen LogP) is 2.63. The topological polar surface area (TPSA) is 35.8 Å². The van der Waals surface area contributed by atoms with E-state index in [4.69, 9.17) is 4.89 Å². The van der Waals surface area contributed by atoms with Gasteiger partial charge in [-0.2, -0.15) is 0 Å². The molecule has 0 aliphatic rings. The molecule has 1 aromatic carbocycles. The molecule has 0 N–H and O–H groups in total. The Morgan fingerprint density at radius 1 is 1.44 bits per heavy atom. The normalized spacial score (nSPS) is 11.6.